The third kappa shape index (κ3) is 4.33. The van der Waals surface area contributed by atoms with E-state index in [1.54, 1.807) is 29.8 Å². The Morgan fingerprint density at radius 2 is 1.77 bits per heavy atom. The first kappa shape index (κ1) is 23.2. The number of alkyl halides is 3. The number of rotatable bonds is 4. The molecule has 0 spiro atoms. The Balaban J connectivity index is 1.59. The van der Waals surface area contributed by atoms with Crippen molar-refractivity contribution in [1.29, 1.82) is 0 Å². The molecule has 0 amide bonds. The van der Waals surface area contributed by atoms with Crippen molar-refractivity contribution in [2.75, 3.05) is 13.2 Å². The fourth-order valence-corrected chi connectivity index (χ4v) is 4.51. The van der Waals surface area contributed by atoms with Gasteiger partial charge in [-0.25, -0.2) is 0 Å². The summed E-state index contributed by atoms with van der Waals surface area (Å²) in [5, 5.41) is 10.4. The van der Waals surface area contributed by atoms with Crippen LogP contribution in [-0.2, 0) is 18.0 Å². The highest BCUT2D eigenvalue weighted by molar-refractivity contribution is 5.94. The van der Waals surface area contributed by atoms with Crippen molar-refractivity contribution in [1.82, 2.24) is 9.13 Å². The molecule has 2 aromatic carbocycles. The van der Waals surface area contributed by atoms with Crippen LogP contribution in [0.1, 0.15) is 17.2 Å². The summed E-state index contributed by atoms with van der Waals surface area (Å²) in [7, 11) is 1.69. The van der Waals surface area contributed by atoms with E-state index in [2.05, 4.69) is 0 Å². The Morgan fingerprint density at radius 3 is 2.43 bits per heavy atom. The number of aryl methyl sites for hydroxylation is 2. The van der Waals surface area contributed by atoms with Crippen LogP contribution in [0, 0.1) is 6.92 Å². The molecular weight excluding hydrogens is 461 g/mol. The number of hydrogen-bond donors (Lipinski definition) is 1. The number of aliphatic hydroxyl groups is 1. The standard InChI is InChI=1S/C26H23F3N2O4/c1-15-9-16(11-19(10-15)35-18-5-3-17(4-6-18)26(27,28)29)20-12-31(22-13-34-14-23(22)32)21-7-8-24(33)30(2)25(20)21/h3-12,22-23,32H,13-14H2,1-2H3/t22-,23-/m1/s1. The van der Waals surface area contributed by atoms with E-state index in [1.807, 2.05) is 23.8 Å². The van der Waals surface area contributed by atoms with Crippen LogP contribution in [-0.4, -0.2) is 33.6 Å². The lowest BCUT2D eigenvalue weighted by molar-refractivity contribution is -0.137. The van der Waals surface area contributed by atoms with Gasteiger partial charge in [0, 0.05) is 24.9 Å². The number of halogens is 3. The summed E-state index contributed by atoms with van der Waals surface area (Å²) in [5.74, 6) is 0.724. The van der Waals surface area contributed by atoms with Gasteiger partial charge in [-0.05, 0) is 60.5 Å². The lowest BCUT2D eigenvalue weighted by atomic mass is 10.0. The Morgan fingerprint density at radius 1 is 1.03 bits per heavy atom. The zero-order valence-corrected chi connectivity index (χ0v) is 19.0. The number of hydrogen-bond acceptors (Lipinski definition) is 4. The van der Waals surface area contributed by atoms with Gasteiger partial charge in [-0.2, -0.15) is 13.2 Å². The zero-order chi connectivity index (χ0) is 24.9. The molecule has 1 aliphatic rings. The van der Waals surface area contributed by atoms with Gasteiger partial charge >= 0.3 is 6.18 Å². The molecule has 4 aromatic rings. The Bertz CT molecular complexity index is 1450. The van der Waals surface area contributed by atoms with E-state index in [0.29, 0.717) is 17.9 Å². The molecule has 0 bridgehead atoms. The predicted octanol–water partition coefficient (Wildman–Crippen LogP) is 5.06. The number of ether oxygens (including phenoxy) is 2. The molecule has 0 radical (unpaired) electrons. The van der Waals surface area contributed by atoms with Gasteiger partial charge in [-0.1, -0.05) is 6.07 Å². The van der Waals surface area contributed by atoms with Gasteiger partial charge in [0.15, 0.2) is 0 Å². The van der Waals surface area contributed by atoms with Crippen molar-refractivity contribution >= 4 is 11.0 Å². The maximum absolute atomic E-state index is 12.9. The lowest BCUT2D eigenvalue weighted by Gasteiger charge is -2.16. The summed E-state index contributed by atoms with van der Waals surface area (Å²) in [6.07, 6.45) is -3.20. The van der Waals surface area contributed by atoms with Crippen LogP contribution in [0.15, 0.2) is 65.6 Å². The summed E-state index contributed by atoms with van der Waals surface area (Å²) in [5.41, 5.74) is 2.96. The fourth-order valence-electron chi connectivity index (χ4n) is 4.51. The van der Waals surface area contributed by atoms with Crippen molar-refractivity contribution in [3.63, 3.8) is 0 Å². The summed E-state index contributed by atoms with van der Waals surface area (Å²) >= 11 is 0. The van der Waals surface area contributed by atoms with E-state index in [1.165, 1.54) is 18.2 Å². The molecule has 0 unspecified atom stereocenters. The van der Waals surface area contributed by atoms with Crippen LogP contribution in [0.5, 0.6) is 11.5 Å². The summed E-state index contributed by atoms with van der Waals surface area (Å²) < 4.78 is 53.4. The second-order valence-corrected chi connectivity index (χ2v) is 8.75. The third-order valence-electron chi connectivity index (χ3n) is 6.25. The molecule has 3 heterocycles. The molecule has 2 aromatic heterocycles. The summed E-state index contributed by atoms with van der Waals surface area (Å²) in [4.78, 5) is 12.5. The first-order valence-corrected chi connectivity index (χ1v) is 11.1. The van der Waals surface area contributed by atoms with Gasteiger partial charge < -0.3 is 23.7 Å². The van der Waals surface area contributed by atoms with Crippen molar-refractivity contribution in [2.24, 2.45) is 7.05 Å². The van der Waals surface area contributed by atoms with Gasteiger partial charge in [-0.15, -0.1) is 0 Å². The monoisotopic (exact) mass is 484 g/mol. The van der Waals surface area contributed by atoms with E-state index in [4.69, 9.17) is 9.47 Å². The van der Waals surface area contributed by atoms with Crippen LogP contribution in [0.4, 0.5) is 13.2 Å². The molecule has 35 heavy (non-hydrogen) atoms. The van der Waals surface area contributed by atoms with E-state index >= 15 is 0 Å². The van der Waals surface area contributed by atoms with Crippen LogP contribution in [0.3, 0.4) is 0 Å². The minimum absolute atomic E-state index is 0.173. The molecule has 182 valence electrons. The van der Waals surface area contributed by atoms with E-state index in [9.17, 15) is 23.1 Å². The number of aliphatic hydroxyl groups excluding tert-OH is 1. The van der Waals surface area contributed by atoms with E-state index < -0.39 is 17.8 Å². The van der Waals surface area contributed by atoms with Crippen LogP contribution in [0.25, 0.3) is 22.2 Å². The number of aromatic nitrogens is 2. The fraction of sp³-hybridized carbons (Fsp3) is 0.269. The maximum atomic E-state index is 12.9. The lowest BCUT2D eigenvalue weighted by Crippen LogP contribution is -2.22. The van der Waals surface area contributed by atoms with Gasteiger partial charge in [0.05, 0.1) is 35.9 Å². The summed E-state index contributed by atoms with van der Waals surface area (Å²) in [6.45, 7) is 2.47. The average Bonchev–Trinajstić information content (AvgIpc) is 3.39. The first-order valence-electron chi connectivity index (χ1n) is 11.1. The van der Waals surface area contributed by atoms with Crippen molar-refractivity contribution < 1.29 is 27.8 Å². The Labute approximate surface area is 198 Å². The summed E-state index contributed by atoms with van der Waals surface area (Å²) in [6, 6.07) is 13.0. The van der Waals surface area contributed by atoms with Gasteiger partial charge in [0.25, 0.3) is 5.56 Å². The Hall–Kier alpha value is -3.56. The van der Waals surface area contributed by atoms with Crippen molar-refractivity contribution in [3.8, 4) is 22.6 Å². The van der Waals surface area contributed by atoms with Crippen LogP contribution in [0.2, 0.25) is 0 Å². The van der Waals surface area contributed by atoms with Crippen LogP contribution < -0.4 is 10.3 Å². The first-order chi connectivity index (χ1) is 16.6. The molecule has 5 rings (SSSR count). The topological polar surface area (TPSA) is 65.6 Å². The average molecular weight is 484 g/mol. The molecule has 2 atom stereocenters. The smallest absolute Gasteiger partial charge is 0.416 e. The highest BCUT2D eigenvalue weighted by atomic mass is 19.4. The molecule has 9 heteroatoms. The normalized spacial score (nSPS) is 18.3. The highest BCUT2D eigenvalue weighted by Crippen LogP contribution is 2.37. The van der Waals surface area contributed by atoms with Gasteiger partial charge in [0.1, 0.15) is 17.6 Å². The minimum Gasteiger partial charge on any atom is -0.457 e. The second-order valence-electron chi connectivity index (χ2n) is 8.75. The molecular formula is C26H23F3N2O4. The quantitative estimate of drug-likeness (QED) is 0.440. The minimum atomic E-state index is -4.42. The molecule has 1 fully saturated rings. The number of fused-ring (bicyclic) bond motifs is 1. The van der Waals surface area contributed by atoms with E-state index in [-0.39, 0.29) is 24.0 Å². The highest BCUT2D eigenvalue weighted by Gasteiger charge is 2.31. The number of pyridine rings is 1. The van der Waals surface area contributed by atoms with Gasteiger partial charge in [0.2, 0.25) is 0 Å². The molecule has 0 saturated carbocycles. The molecule has 1 saturated heterocycles. The Kier molecular flexibility index (Phi) is 5.69. The largest absolute Gasteiger partial charge is 0.457 e. The SMILES string of the molecule is Cc1cc(Oc2ccc(C(F)(F)F)cc2)cc(-c2cn([C@@H]3COC[C@H]3O)c3ccc(=O)n(C)c23)c1. The predicted molar refractivity (Wildman–Crippen MR) is 125 cm³/mol. The molecule has 6 nitrogen and oxygen atoms in total. The molecule has 0 aliphatic carbocycles. The van der Waals surface area contributed by atoms with E-state index in [0.717, 1.165) is 34.3 Å². The third-order valence-corrected chi connectivity index (χ3v) is 6.25. The van der Waals surface area contributed by atoms with Crippen molar-refractivity contribution in [3.05, 3.63) is 82.3 Å². The van der Waals surface area contributed by atoms with Crippen molar-refractivity contribution in [2.45, 2.75) is 25.2 Å². The van der Waals surface area contributed by atoms with Gasteiger partial charge in [-0.3, -0.25) is 4.79 Å². The second kappa shape index (κ2) is 8.58. The zero-order valence-electron chi connectivity index (χ0n) is 19.0. The number of nitrogens with zero attached hydrogens (tertiary/aromatic N) is 2. The molecule has 1 aliphatic heterocycles. The van der Waals surface area contributed by atoms with Crippen LogP contribution >= 0.6 is 0 Å². The maximum Gasteiger partial charge on any atom is 0.416 e. The molecule has 1 N–H and O–H groups in total. The number of benzene rings is 2.